The molecule has 0 atom stereocenters. The summed E-state index contributed by atoms with van der Waals surface area (Å²) in [5, 5.41) is 5.60. The molecule has 2 amide bonds. The van der Waals surface area contributed by atoms with E-state index in [4.69, 9.17) is 0 Å². The molecule has 0 saturated heterocycles. The average Bonchev–Trinajstić information content (AvgIpc) is 2.52. The molecule has 1 heterocycles. The van der Waals surface area contributed by atoms with Gasteiger partial charge in [-0.05, 0) is 24.3 Å². The summed E-state index contributed by atoms with van der Waals surface area (Å²) in [5.41, 5.74) is 0.848. The highest BCUT2D eigenvalue weighted by molar-refractivity contribution is 7.99. The predicted molar refractivity (Wildman–Crippen MR) is 81.6 cm³/mol. The number of amides is 2. The smallest absolute Gasteiger partial charge is 0.315 e. The first-order valence-electron chi connectivity index (χ1n) is 6.44. The number of thioether (sulfide) groups is 1. The summed E-state index contributed by atoms with van der Waals surface area (Å²) in [7, 11) is 0. The summed E-state index contributed by atoms with van der Waals surface area (Å²) in [6, 6.07) is 15.6. The van der Waals surface area contributed by atoms with Crippen molar-refractivity contribution in [2.45, 2.75) is 11.4 Å². The van der Waals surface area contributed by atoms with Gasteiger partial charge in [0.15, 0.2) is 0 Å². The first kappa shape index (κ1) is 14.4. The van der Waals surface area contributed by atoms with Crippen LogP contribution in [0.4, 0.5) is 4.79 Å². The Morgan fingerprint density at radius 3 is 2.60 bits per heavy atom. The van der Waals surface area contributed by atoms with Crippen LogP contribution in [0.2, 0.25) is 0 Å². The summed E-state index contributed by atoms with van der Waals surface area (Å²) in [6.45, 7) is 1.08. The number of hydrogen-bond acceptors (Lipinski definition) is 3. The summed E-state index contributed by atoms with van der Waals surface area (Å²) < 4.78 is 0. The monoisotopic (exact) mass is 287 g/mol. The zero-order chi connectivity index (χ0) is 14.0. The standard InChI is InChI=1S/C15H17N3OS/c19-15(18-12-13-6-4-5-9-16-13)17-10-11-20-14-7-2-1-3-8-14/h1-9H,10-12H2,(H2,17,18,19). The molecule has 1 aromatic carbocycles. The van der Waals surface area contributed by atoms with Crippen LogP contribution in [-0.2, 0) is 6.54 Å². The number of aromatic nitrogens is 1. The molecule has 5 heteroatoms. The highest BCUT2D eigenvalue weighted by atomic mass is 32.2. The van der Waals surface area contributed by atoms with Crippen LogP contribution in [0.1, 0.15) is 5.69 Å². The van der Waals surface area contributed by atoms with E-state index >= 15 is 0 Å². The van der Waals surface area contributed by atoms with Crippen molar-refractivity contribution in [1.82, 2.24) is 15.6 Å². The molecule has 2 rings (SSSR count). The van der Waals surface area contributed by atoms with E-state index in [1.165, 1.54) is 4.90 Å². The number of nitrogens with zero attached hydrogens (tertiary/aromatic N) is 1. The lowest BCUT2D eigenvalue weighted by Gasteiger charge is -2.07. The molecule has 0 spiro atoms. The Morgan fingerprint density at radius 1 is 1.05 bits per heavy atom. The number of hydrogen-bond donors (Lipinski definition) is 2. The number of urea groups is 1. The van der Waals surface area contributed by atoms with Gasteiger partial charge in [-0.25, -0.2) is 4.79 Å². The van der Waals surface area contributed by atoms with Crippen LogP contribution in [0.3, 0.4) is 0 Å². The fraction of sp³-hybridized carbons (Fsp3) is 0.200. The maximum absolute atomic E-state index is 11.6. The van der Waals surface area contributed by atoms with Crippen LogP contribution in [0.25, 0.3) is 0 Å². The molecule has 0 aliphatic rings. The molecule has 20 heavy (non-hydrogen) atoms. The van der Waals surface area contributed by atoms with E-state index in [9.17, 15) is 4.79 Å². The van der Waals surface area contributed by atoms with Gasteiger partial charge < -0.3 is 10.6 Å². The number of rotatable bonds is 6. The zero-order valence-electron chi connectivity index (χ0n) is 11.1. The molecule has 4 nitrogen and oxygen atoms in total. The average molecular weight is 287 g/mol. The lowest BCUT2D eigenvalue weighted by molar-refractivity contribution is 0.241. The van der Waals surface area contributed by atoms with Gasteiger partial charge in [0.2, 0.25) is 0 Å². The molecule has 1 aromatic heterocycles. The van der Waals surface area contributed by atoms with Gasteiger partial charge in [0.1, 0.15) is 0 Å². The van der Waals surface area contributed by atoms with E-state index in [0.717, 1.165) is 11.4 Å². The molecule has 2 aromatic rings. The summed E-state index contributed by atoms with van der Waals surface area (Å²) in [4.78, 5) is 16.9. The van der Waals surface area contributed by atoms with Gasteiger partial charge in [0.25, 0.3) is 0 Å². The Balaban J connectivity index is 1.59. The fourth-order valence-electron chi connectivity index (χ4n) is 1.59. The van der Waals surface area contributed by atoms with Gasteiger partial charge in [-0.15, -0.1) is 11.8 Å². The van der Waals surface area contributed by atoms with E-state index in [-0.39, 0.29) is 6.03 Å². The Morgan fingerprint density at radius 2 is 1.85 bits per heavy atom. The van der Waals surface area contributed by atoms with Crippen LogP contribution in [0.5, 0.6) is 0 Å². The van der Waals surface area contributed by atoms with Crippen molar-refractivity contribution in [2.24, 2.45) is 0 Å². The highest BCUT2D eigenvalue weighted by Crippen LogP contribution is 2.15. The molecule has 104 valence electrons. The molecule has 0 fully saturated rings. The molecular formula is C15H17N3OS. The second-order valence-corrected chi connectivity index (χ2v) is 5.26. The third-order valence-electron chi connectivity index (χ3n) is 2.56. The summed E-state index contributed by atoms with van der Waals surface area (Å²) in [5.74, 6) is 0.848. The summed E-state index contributed by atoms with van der Waals surface area (Å²) >= 11 is 1.72. The Bertz CT molecular complexity index is 519. The number of benzene rings is 1. The number of carbonyl (C=O) groups is 1. The molecule has 0 radical (unpaired) electrons. The molecule has 0 unspecified atom stereocenters. The van der Waals surface area contributed by atoms with Crippen LogP contribution in [0, 0.1) is 0 Å². The number of nitrogens with one attached hydrogen (secondary N) is 2. The predicted octanol–water partition coefficient (Wildman–Crippen LogP) is 2.67. The maximum atomic E-state index is 11.6. The largest absolute Gasteiger partial charge is 0.337 e. The third-order valence-corrected chi connectivity index (χ3v) is 3.57. The minimum Gasteiger partial charge on any atom is -0.337 e. The highest BCUT2D eigenvalue weighted by Gasteiger charge is 2.00. The van der Waals surface area contributed by atoms with Crippen molar-refractivity contribution >= 4 is 17.8 Å². The topological polar surface area (TPSA) is 54.0 Å². The van der Waals surface area contributed by atoms with E-state index in [0.29, 0.717) is 13.1 Å². The summed E-state index contributed by atoms with van der Waals surface area (Å²) in [6.07, 6.45) is 1.71. The van der Waals surface area contributed by atoms with Gasteiger partial charge in [0.05, 0.1) is 12.2 Å². The van der Waals surface area contributed by atoms with Gasteiger partial charge in [-0.1, -0.05) is 24.3 Å². The van der Waals surface area contributed by atoms with Gasteiger partial charge in [-0.3, -0.25) is 4.98 Å². The van der Waals surface area contributed by atoms with Crippen molar-refractivity contribution in [3.63, 3.8) is 0 Å². The molecule has 0 aliphatic heterocycles. The minimum atomic E-state index is -0.163. The van der Waals surface area contributed by atoms with E-state index in [2.05, 4.69) is 27.8 Å². The minimum absolute atomic E-state index is 0.163. The first-order chi connectivity index (χ1) is 9.84. The van der Waals surface area contributed by atoms with E-state index < -0.39 is 0 Å². The molecule has 0 saturated carbocycles. The van der Waals surface area contributed by atoms with Gasteiger partial charge >= 0.3 is 6.03 Å². The Kier molecular flexibility index (Phi) is 5.92. The fourth-order valence-corrected chi connectivity index (χ4v) is 2.38. The second-order valence-electron chi connectivity index (χ2n) is 4.09. The van der Waals surface area contributed by atoms with Crippen LogP contribution in [-0.4, -0.2) is 23.3 Å². The number of pyridine rings is 1. The van der Waals surface area contributed by atoms with Crippen molar-refractivity contribution < 1.29 is 4.79 Å². The van der Waals surface area contributed by atoms with Crippen molar-refractivity contribution in [3.05, 3.63) is 60.4 Å². The lowest BCUT2D eigenvalue weighted by Crippen LogP contribution is -2.36. The van der Waals surface area contributed by atoms with Crippen molar-refractivity contribution in [3.8, 4) is 0 Å². The van der Waals surface area contributed by atoms with Crippen LogP contribution < -0.4 is 10.6 Å². The molecular weight excluding hydrogens is 270 g/mol. The lowest BCUT2D eigenvalue weighted by atomic mass is 10.3. The van der Waals surface area contributed by atoms with Gasteiger partial charge in [-0.2, -0.15) is 0 Å². The molecule has 0 aliphatic carbocycles. The van der Waals surface area contributed by atoms with Crippen molar-refractivity contribution in [1.29, 1.82) is 0 Å². The van der Waals surface area contributed by atoms with E-state index in [1.54, 1.807) is 18.0 Å². The Labute approximate surface area is 123 Å². The number of carbonyl (C=O) groups excluding carboxylic acids is 1. The molecule has 2 N–H and O–H groups in total. The first-order valence-corrected chi connectivity index (χ1v) is 7.42. The maximum Gasteiger partial charge on any atom is 0.315 e. The third kappa shape index (κ3) is 5.32. The Hall–Kier alpha value is -2.01. The second kappa shape index (κ2) is 8.22. The SMILES string of the molecule is O=C(NCCSc1ccccc1)NCc1ccccn1. The van der Waals surface area contributed by atoms with Crippen molar-refractivity contribution in [2.75, 3.05) is 12.3 Å². The quantitative estimate of drug-likeness (QED) is 0.634. The van der Waals surface area contributed by atoms with Crippen LogP contribution in [0.15, 0.2) is 59.6 Å². The van der Waals surface area contributed by atoms with E-state index in [1.807, 2.05) is 36.4 Å². The zero-order valence-corrected chi connectivity index (χ0v) is 11.9. The van der Waals surface area contributed by atoms with Crippen LogP contribution >= 0.6 is 11.8 Å². The molecule has 0 bridgehead atoms. The van der Waals surface area contributed by atoms with Gasteiger partial charge in [0, 0.05) is 23.4 Å². The normalized spacial score (nSPS) is 10.0.